The van der Waals surface area contributed by atoms with E-state index in [4.69, 9.17) is 0 Å². The Morgan fingerprint density at radius 3 is 2.13 bits per heavy atom. The smallest absolute Gasteiger partial charge is 0.0519 e. The van der Waals surface area contributed by atoms with Gasteiger partial charge in [0.1, 0.15) is 0 Å². The maximum Gasteiger partial charge on any atom is 0.0519 e. The van der Waals surface area contributed by atoms with Crippen LogP contribution in [0.25, 0.3) is 0 Å². The molecule has 0 aliphatic heterocycles. The van der Waals surface area contributed by atoms with Crippen LogP contribution in [-0.4, -0.2) is 11.7 Å². The van der Waals surface area contributed by atoms with Crippen LogP contribution in [0.5, 0.6) is 0 Å². The molecule has 1 aliphatic carbocycles. The van der Waals surface area contributed by atoms with Crippen LogP contribution in [-0.2, 0) is 0 Å². The van der Waals surface area contributed by atoms with Gasteiger partial charge in [0.25, 0.3) is 0 Å². The molecule has 0 aromatic heterocycles. The molecule has 1 nitrogen and oxygen atoms in total. The zero-order valence-corrected chi connectivity index (χ0v) is 10.8. The predicted molar refractivity (Wildman–Crippen MR) is 65.8 cm³/mol. The Kier molecular flexibility index (Phi) is 4.39. The van der Waals surface area contributed by atoms with Crippen LogP contribution in [0.15, 0.2) is 11.1 Å². The quantitative estimate of drug-likeness (QED) is 0.700. The second-order valence-electron chi connectivity index (χ2n) is 5.68. The van der Waals surface area contributed by atoms with Crippen molar-refractivity contribution in [2.24, 2.45) is 11.3 Å². The third-order valence-corrected chi connectivity index (χ3v) is 4.22. The molecule has 0 spiro atoms. The van der Waals surface area contributed by atoms with E-state index in [-0.39, 0.29) is 12.0 Å². The monoisotopic (exact) mass is 210 g/mol. The van der Waals surface area contributed by atoms with Gasteiger partial charge in [-0.3, -0.25) is 0 Å². The minimum atomic E-state index is -0.0401. The van der Waals surface area contributed by atoms with Crippen LogP contribution in [0.2, 0.25) is 0 Å². The first-order valence-corrected chi connectivity index (χ1v) is 6.27. The van der Waals surface area contributed by atoms with Crippen LogP contribution < -0.4 is 0 Å². The van der Waals surface area contributed by atoms with E-state index >= 15 is 0 Å². The second-order valence-corrected chi connectivity index (χ2v) is 5.68. The molecule has 15 heavy (non-hydrogen) atoms. The van der Waals surface area contributed by atoms with Crippen LogP contribution in [0.4, 0.5) is 0 Å². The molecule has 0 amide bonds. The Morgan fingerprint density at radius 2 is 1.67 bits per heavy atom. The Hall–Kier alpha value is -0.300. The minimum absolute atomic E-state index is 0.0401. The summed E-state index contributed by atoms with van der Waals surface area (Å²) in [6.07, 6.45) is 6.88. The fourth-order valence-electron chi connectivity index (χ4n) is 2.49. The zero-order valence-electron chi connectivity index (χ0n) is 10.8. The van der Waals surface area contributed by atoms with E-state index < -0.39 is 0 Å². The fraction of sp³-hybridized carbons (Fsp3) is 0.857. The Labute approximate surface area is 94.6 Å². The van der Waals surface area contributed by atoms with E-state index in [0.29, 0.717) is 0 Å². The third-order valence-electron chi connectivity index (χ3n) is 4.22. The van der Waals surface area contributed by atoms with Gasteiger partial charge in [-0.15, -0.1) is 0 Å². The Morgan fingerprint density at radius 1 is 1.13 bits per heavy atom. The SMILES string of the molecule is C/C(=C(/C)C(C)(C)CO)C1CCCCC1. The van der Waals surface area contributed by atoms with E-state index in [1.165, 1.54) is 43.3 Å². The molecule has 1 fully saturated rings. The lowest BCUT2D eigenvalue weighted by Crippen LogP contribution is -2.21. The van der Waals surface area contributed by atoms with Crippen molar-refractivity contribution in [2.45, 2.75) is 59.8 Å². The van der Waals surface area contributed by atoms with Crippen molar-refractivity contribution in [3.8, 4) is 0 Å². The number of hydrogen-bond acceptors (Lipinski definition) is 1. The predicted octanol–water partition coefficient (Wildman–Crippen LogP) is 3.92. The molecular formula is C14H26O. The van der Waals surface area contributed by atoms with Crippen molar-refractivity contribution >= 4 is 0 Å². The maximum atomic E-state index is 9.38. The summed E-state index contributed by atoms with van der Waals surface area (Å²) in [4.78, 5) is 0. The average molecular weight is 210 g/mol. The van der Waals surface area contributed by atoms with Gasteiger partial charge >= 0.3 is 0 Å². The number of aliphatic hydroxyl groups is 1. The molecule has 0 bridgehead atoms. The molecule has 0 heterocycles. The number of allylic oxidation sites excluding steroid dienone is 1. The molecule has 0 saturated heterocycles. The number of aliphatic hydroxyl groups excluding tert-OH is 1. The highest BCUT2D eigenvalue weighted by Crippen LogP contribution is 2.36. The molecule has 0 radical (unpaired) electrons. The van der Waals surface area contributed by atoms with Gasteiger partial charge in [0.15, 0.2) is 0 Å². The highest BCUT2D eigenvalue weighted by molar-refractivity contribution is 5.19. The third kappa shape index (κ3) is 3.07. The van der Waals surface area contributed by atoms with Crippen LogP contribution in [0, 0.1) is 11.3 Å². The Balaban J connectivity index is 2.78. The highest BCUT2D eigenvalue weighted by Gasteiger charge is 2.24. The molecule has 1 heteroatoms. The van der Waals surface area contributed by atoms with E-state index in [9.17, 15) is 5.11 Å². The van der Waals surface area contributed by atoms with Crippen LogP contribution in [0.3, 0.4) is 0 Å². The Bertz CT molecular complexity index is 232. The normalized spacial score (nSPS) is 21.4. The van der Waals surface area contributed by atoms with Gasteiger partial charge < -0.3 is 5.11 Å². The maximum absolute atomic E-state index is 9.38. The van der Waals surface area contributed by atoms with E-state index in [0.717, 1.165) is 5.92 Å². The lowest BCUT2D eigenvalue weighted by atomic mass is 9.76. The van der Waals surface area contributed by atoms with E-state index in [2.05, 4.69) is 27.7 Å². The summed E-state index contributed by atoms with van der Waals surface area (Å²) in [6.45, 7) is 8.98. The molecule has 0 atom stereocenters. The van der Waals surface area contributed by atoms with E-state index in [1.54, 1.807) is 0 Å². The van der Waals surface area contributed by atoms with Gasteiger partial charge in [-0.1, -0.05) is 44.3 Å². The molecule has 0 aromatic carbocycles. The molecule has 88 valence electrons. The van der Waals surface area contributed by atoms with E-state index in [1.807, 2.05) is 0 Å². The first-order valence-electron chi connectivity index (χ1n) is 6.27. The van der Waals surface area contributed by atoms with Crippen LogP contribution in [0.1, 0.15) is 59.8 Å². The van der Waals surface area contributed by atoms with Gasteiger partial charge in [0.05, 0.1) is 6.61 Å². The molecular weight excluding hydrogens is 184 g/mol. The van der Waals surface area contributed by atoms with Crippen molar-refractivity contribution < 1.29 is 5.11 Å². The molecule has 1 rings (SSSR count). The topological polar surface area (TPSA) is 20.2 Å². The average Bonchev–Trinajstić information content (AvgIpc) is 2.28. The summed E-state index contributed by atoms with van der Waals surface area (Å²) in [5.41, 5.74) is 2.90. The van der Waals surface area contributed by atoms with Gasteiger partial charge in [-0.25, -0.2) is 0 Å². The zero-order chi connectivity index (χ0) is 11.5. The first-order chi connectivity index (χ1) is 6.99. The number of rotatable bonds is 3. The van der Waals surface area contributed by atoms with Crippen molar-refractivity contribution in [1.29, 1.82) is 0 Å². The van der Waals surface area contributed by atoms with Crippen molar-refractivity contribution in [3.05, 3.63) is 11.1 Å². The summed E-state index contributed by atoms with van der Waals surface area (Å²) >= 11 is 0. The highest BCUT2D eigenvalue weighted by atomic mass is 16.3. The number of hydrogen-bond donors (Lipinski definition) is 1. The summed E-state index contributed by atoms with van der Waals surface area (Å²) in [7, 11) is 0. The summed E-state index contributed by atoms with van der Waals surface area (Å²) < 4.78 is 0. The van der Waals surface area contributed by atoms with Crippen molar-refractivity contribution in [2.75, 3.05) is 6.61 Å². The summed E-state index contributed by atoms with van der Waals surface area (Å²) in [5, 5.41) is 9.38. The summed E-state index contributed by atoms with van der Waals surface area (Å²) in [6, 6.07) is 0. The standard InChI is InChI=1S/C14H26O/c1-11(12(2)14(3,4)10-15)13-8-6-5-7-9-13/h13,15H,5-10H2,1-4H3/b12-11+. The molecule has 1 saturated carbocycles. The molecule has 0 unspecified atom stereocenters. The van der Waals surface area contributed by atoms with Gasteiger partial charge in [-0.2, -0.15) is 0 Å². The van der Waals surface area contributed by atoms with Gasteiger partial charge in [0.2, 0.25) is 0 Å². The van der Waals surface area contributed by atoms with Crippen molar-refractivity contribution in [1.82, 2.24) is 0 Å². The fourth-order valence-corrected chi connectivity index (χ4v) is 2.49. The molecule has 1 aliphatic rings. The second kappa shape index (κ2) is 5.16. The van der Waals surface area contributed by atoms with Gasteiger partial charge in [-0.05, 0) is 32.6 Å². The molecule has 1 N–H and O–H groups in total. The van der Waals surface area contributed by atoms with Crippen molar-refractivity contribution in [3.63, 3.8) is 0 Å². The first kappa shape index (κ1) is 12.8. The minimum Gasteiger partial charge on any atom is -0.395 e. The summed E-state index contributed by atoms with van der Waals surface area (Å²) in [5.74, 6) is 0.782. The largest absolute Gasteiger partial charge is 0.395 e. The van der Waals surface area contributed by atoms with Crippen LogP contribution >= 0.6 is 0 Å². The molecule has 0 aromatic rings. The lowest BCUT2D eigenvalue weighted by Gasteiger charge is -2.30. The van der Waals surface area contributed by atoms with Gasteiger partial charge in [0, 0.05) is 5.41 Å². The lowest BCUT2D eigenvalue weighted by molar-refractivity contribution is 0.187.